The van der Waals surface area contributed by atoms with E-state index in [4.69, 9.17) is 4.99 Å². The van der Waals surface area contributed by atoms with E-state index in [9.17, 15) is 4.79 Å². The van der Waals surface area contributed by atoms with Crippen LogP contribution in [0.1, 0.15) is 45.6 Å². The van der Waals surface area contributed by atoms with E-state index < -0.39 is 0 Å². The third kappa shape index (κ3) is 7.06. The van der Waals surface area contributed by atoms with Crippen molar-refractivity contribution in [2.75, 3.05) is 19.6 Å². The maximum absolute atomic E-state index is 11.7. The molecule has 0 spiro atoms. The van der Waals surface area contributed by atoms with Crippen LogP contribution in [0.25, 0.3) is 0 Å². The summed E-state index contributed by atoms with van der Waals surface area (Å²) in [4.78, 5) is 16.5. The second-order valence-corrected chi connectivity index (χ2v) is 7.71. The number of amides is 1. The molecular formula is C19H30BrIN4O. The van der Waals surface area contributed by atoms with Gasteiger partial charge in [-0.2, -0.15) is 0 Å². The van der Waals surface area contributed by atoms with E-state index in [-0.39, 0.29) is 41.3 Å². The lowest BCUT2D eigenvalue weighted by Gasteiger charge is -2.17. The molecule has 146 valence electrons. The summed E-state index contributed by atoms with van der Waals surface area (Å²) in [7, 11) is 0. The number of aliphatic imine (C=N–C) groups is 1. The summed E-state index contributed by atoms with van der Waals surface area (Å²) in [6.07, 6.45) is 2.77. The van der Waals surface area contributed by atoms with Crippen LogP contribution in [0.4, 0.5) is 0 Å². The molecule has 1 aromatic rings. The minimum atomic E-state index is 0. The van der Waals surface area contributed by atoms with Crippen LogP contribution in [0, 0.1) is 0 Å². The van der Waals surface area contributed by atoms with E-state index in [0.29, 0.717) is 13.0 Å². The minimum Gasteiger partial charge on any atom is -0.357 e. The molecule has 0 aromatic heterocycles. The normalized spacial score (nSPS) is 15.2. The molecule has 0 bridgehead atoms. The standard InChI is InChI=1S/C19H29BrN4O.HI/c1-4-21-18(22-12-9-17(25)24-14(2)3)23-13-19(10-11-19)15-7-5-6-8-16(15)20;/h5-8,14H,4,9-13H2,1-3H3,(H,24,25)(H2,21,22,23);1H. The topological polar surface area (TPSA) is 65.5 Å². The smallest absolute Gasteiger partial charge is 0.221 e. The van der Waals surface area contributed by atoms with Crippen molar-refractivity contribution in [1.29, 1.82) is 0 Å². The van der Waals surface area contributed by atoms with Crippen LogP contribution in [0.15, 0.2) is 33.7 Å². The first-order valence-corrected chi connectivity index (χ1v) is 9.83. The summed E-state index contributed by atoms with van der Waals surface area (Å²) in [5.74, 6) is 0.836. The predicted molar refractivity (Wildman–Crippen MR) is 122 cm³/mol. The van der Waals surface area contributed by atoms with Gasteiger partial charge in [-0.1, -0.05) is 34.1 Å². The highest BCUT2D eigenvalue weighted by Gasteiger charge is 2.45. The number of rotatable bonds is 8. The van der Waals surface area contributed by atoms with Gasteiger partial charge in [-0.05, 0) is 45.2 Å². The summed E-state index contributed by atoms with van der Waals surface area (Å²) in [6.45, 7) is 8.10. The highest BCUT2D eigenvalue weighted by molar-refractivity contribution is 14.0. The van der Waals surface area contributed by atoms with Gasteiger partial charge in [0, 0.05) is 35.4 Å². The van der Waals surface area contributed by atoms with Gasteiger partial charge in [-0.3, -0.25) is 9.79 Å². The van der Waals surface area contributed by atoms with Gasteiger partial charge >= 0.3 is 0 Å². The predicted octanol–water partition coefficient (Wildman–Crippen LogP) is 3.57. The molecule has 0 unspecified atom stereocenters. The third-order valence-corrected chi connectivity index (χ3v) is 4.97. The quantitative estimate of drug-likeness (QED) is 0.270. The van der Waals surface area contributed by atoms with Crippen molar-refractivity contribution < 1.29 is 4.79 Å². The van der Waals surface area contributed by atoms with Gasteiger partial charge in [-0.25, -0.2) is 0 Å². The van der Waals surface area contributed by atoms with Gasteiger partial charge < -0.3 is 16.0 Å². The molecule has 0 aliphatic heterocycles. The average Bonchev–Trinajstić information content (AvgIpc) is 3.33. The zero-order chi connectivity index (χ0) is 18.3. The fourth-order valence-corrected chi connectivity index (χ4v) is 3.52. The van der Waals surface area contributed by atoms with E-state index in [1.54, 1.807) is 0 Å². The molecule has 26 heavy (non-hydrogen) atoms. The molecule has 0 saturated heterocycles. The zero-order valence-electron chi connectivity index (χ0n) is 15.8. The Kier molecular flexibility index (Phi) is 9.92. The summed E-state index contributed by atoms with van der Waals surface area (Å²) < 4.78 is 1.16. The third-order valence-electron chi connectivity index (χ3n) is 4.28. The number of carbonyl (C=O) groups is 1. The van der Waals surface area contributed by atoms with E-state index >= 15 is 0 Å². The summed E-state index contributed by atoms with van der Waals surface area (Å²) >= 11 is 3.66. The molecule has 1 aliphatic rings. The van der Waals surface area contributed by atoms with Crippen molar-refractivity contribution in [2.24, 2.45) is 4.99 Å². The van der Waals surface area contributed by atoms with Crippen molar-refractivity contribution in [1.82, 2.24) is 16.0 Å². The molecule has 5 nitrogen and oxygen atoms in total. The van der Waals surface area contributed by atoms with E-state index in [0.717, 1.165) is 36.4 Å². The Bertz CT molecular complexity index is 617. The van der Waals surface area contributed by atoms with Crippen molar-refractivity contribution >= 4 is 51.8 Å². The fraction of sp³-hybridized carbons (Fsp3) is 0.579. The van der Waals surface area contributed by atoms with Gasteiger partial charge in [0.1, 0.15) is 0 Å². The Morgan fingerprint density at radius 3 is 2.54 bits per heavy atom. The first-order chi connectivity index (χ1) is 12.0. The molecule has 1 fully saturated rings. The number of nitrogens with zero attached hydrogens (tertiary/aromatic N) is 1. The Morgan fingerprint density at radius 1 is 1.27 bits per heavy atom. The van der Waals surface area contributed by atoms with Gasteiger partial charge in [0.2, 0.25) is 5.91 Å². The number of halogens is 2. The Hall–Kier alpha value is -0.830. The number of guanidine groups is 1. The molecule has 7 heteroatoms. The molecule has 0 atom stereocenters. The number of hydrogen-bond acceptors (Lipinski definition) is 2. The van der Waals surface area contributed by atoms with E-state index in [1.807, 2.05) is 26.8 Å². The van der Waals surface area contributed by atoms with Crippen LogP contribution in [0.3, 0.4) is 0 Å². The maximum Gasteiger partial charge on any atom is 0.221 e. The lowest BCUT2D eigenvalue weighted by Crippen LogP contribution is -2.40. The largest absolute Gasteiger partial charge is 0.357 e. The first-order valence-electron chi connectivity index (χ1n) is 9.03. The molecule has 0 radical (unpaired) electrons. The van der Waals surface area contributed by atoms with E-state index in [2.05, 4.69) is 50.1 Å². The molecular weight excluding hydrogens is 507 g/mol. The lowest BCUT2D eigenvalue weighted by molar-refractivity contribution is -0.121. The molecule has 0 heterocycles. The van der Waals surface area contributed by atoms with Crippen molar-refractivity contribution in [3.63, 3.8) is 0 Å². The van der Waals surface area contributed by atoms with Crippen LogP contribution < -0.4 is 16.0 Å². The Morgan fingerprint density at radius 2 is 1.96 bits per heavy atom. The van der Waals surface area contributed by atoms with E-state index in [1.165, 1.54) is 5.56 Å². The van der Waals surface area contributed by atoms with Crippen LogP contribution in [-0.4, -0.2) is 37.5 Å². The van der Waals surface area contributed by atoms with Gasteiger partial charge in [0.25, 0.3) is 0 Å². The Labute approximate surface area is 182 Å². The Balaban J connectivity index is 0.00000338. The minimum absolute atomic E-state index is 0. The van der Waals surface area contributed by atoms with Crippen LogP contribution >= 0.6 is 39.9 Å². The number of carbonyl (C=O) groups excluding carboxylic acids is 1. The van der Waals surface area contributed by atoms with Gasteiger partial charge in [-0.15, -0.1) is 24.0 Å². The first kappa shape index (κ1) is 23.2. The molecule has 3 N–H and O–H groups in total. The summed E-state index contributed by atoms with van der Waals surface area (Å²) in [5, 5.41) is 9.41. The monoisotopic (exact) mass is 536 g/mol. The van der Waals surface area contributed by atoms with Crippen molar-refractivity contribution in [3.8, 4) is 0 Å². The lowest BCUT2D eigenvalue weighted by atomic mass is 9.96. The SMILES string of the molecule is CCNC(=NCC1(c2ccccc2Br)CC1)NCCC(=O)NC(C)C.I. The summed E-state index contributed by atoms with van der Waals surface area (Å²) in [6, 6.07) is 8.58. The summed E-state index contributed by atoms with van der Waals surface area (Å²) in [5.41, 5.74) is 1.49. The highest BCUT2D eigenvalue weighted by atomic mass is 127. The van der Waals surface area contributed by atoms with Crippen LogP contribution in [-0.2, 0) is 10.2 Å². The fourth-order valence-electron chi connectivity index (χ4n) is 2.82. The molecule has 1 saturated carbocycles. The second kappa shape index (κ2) is 11.1. The van der Waals surface area contributed by atoms with Crippen molar-refractivity contribution in [3.05, 3.63) is 34.3 Å². The highest BCUT2D eigenvalue weighted by Crippen LogP contribution is 2.50. The maximum atomic E-state index is 11.7. The van der Waals surface area contributed by atoms with Gasteiger partial charge in [0.05, 0.1) is 6.54 Å². The van der Waals surface area contributed by atoms with Crippen molar-refractivity contribution in [2.45, 2.75) is 51.5 Å². The molecule has 1 amide bonds. The molecule has 1 aliphatic carbocycles. The molecule has 2 rings (SSSR count). The zero-order valence-corrected chi connectivity index (χ0v) is 19.7. The van der Waals surface area contributed by atoms with Gasteiger partial charge in [0.15, 0.2) is 5.96 Å². The average molecular weight is 537 g/mol. The number of hydrogen-bond donors (Lipinski definition) is 3. The molecule has 1 aromatic carbocycles. The van der Waals surface area contributed by atoms with Crippen LogP contribution in [0.5, 0.6) is 0 Å². The van der Waals surface area contributed by atoms with Crippen LogP contribution in [0.2, 0.25) is 0 Å². The second-order valence-electron chi connectivity index (χ2n) is 6.85. The number of nitrogens with one attached hydrogen (secondary N) is 3. The number of benzene rings is 1.